The fourth-order valence-corrected chi connectivity index (χ4v) is 3.39. The summed E-state index contributed by atoms with van der Waals surface area (Å²) < 4.78 is 1.69. The van der Waals surface area contributed by atoms with Gasteiger partial charge in [0, 0.05) is 0 Å². The Balaban J connectivity index is 2.23. The molecule has 0 fully saturated rings. The second-order valence-corrected chi connectivity index (χ2v) is 6.15. The normalized spacial score (nSPS) is 10.6. The standard InChI is InChI=1S/C7H6ClN5S3/c1-14-6-12-13-7(16-6)15-5-3(9)4(8)10-2-11-5/h2H,9H2,1H3. The minimum atomic E-state index is 0.257. The van der Waals surface area contributed by atoms with Crippen LogP contribution in [0.3, 0.4) is 0 Å². The van der Waals surface area contributed by atoms with Gasteiger partial charge in [0.05, 0.1) is 0 Å². The maximum atomic E-state index is 5.79. The van der Waals surface area contributed by atoms with Crippen LogP contribution in [-0.4, -0.2) is 26.4 Å². The van der Waals surface area contributed by atoms with E-state index in [4.69, 9.17) is 17.3 Å². The van der Waals surface area contributed by atoms with Gasteiger partial charge in [-0.1, -0.05) is 34.7 Å². The minimum absolute atomic E-state index is 0.257. The van der Waals surface area contributed by atoms with Gasteiger partial charge in [-0.05, 0) is 18.0 Å². The Morgan fingerprint density at radius 3 is 2.75 bits per heavy atom. The zero-order valence-electron chi connectivity index (χ0n) is 8.05. The maximum absolute atomic E-state index is 5.79. The average molecular weight is 292 g/mol. The third-order valence-corrected chi connectivity index (χ3v) is 4.81. The first-order chi connectivity index (χ1) is 7.70. The molecular formula is C7H6ClN5S3. The van der Waals surface area contributed by atoms with E-state index in [2.05, 4.69) is 20.2 Å². The Kier molecular flexibility index (Phi) is 3.85. The molecule has 0 unspecified atom stereocenters. The smallest absolute Gasteiger partial charge is 0.181 e. The molecule has 0 saturated carbocycles. The van der Waals surface area contributed by atoms with Crippen molar-refractivity contribution in [2.24, 2.45) is 0 Å². The molecule has 0 amide bonds. The number of hydrogen-bond acceptors (Lipinski definition) is 8. The van der Waals surface area contributed by atoms with Gasteiger partial charge in [-0.25, -0.2) is 9.97 Å². The molecule has 5 nitrogen and oxygen atoms in total. The Morgan fingerprint density at radius 2 is 2.06 bits per heavy atom. The van der Waals surface area contributed by atoms with E-state index < -0.39 is 0 Å². The zero-order chi connectivity index (χ0) is 11.5. The van der Waals surface area contributed by atoms with Crippen LogP contribution in [0.25, 0.3) is 0 Å². The van der Waals surface area contributed by atoms with Crippen LogP contribution in [0.2, 0.25) is 5.15 Å². The van der Waals surface area contributed by atoms with Crippen molar-refractivity contribution in [1.29, 1.82) is 0 Å². The average Bonchev–Trinajstić information content (AvgIpc) is 2.73. The van der Waals surface area contributed by atoms with Crippen molar-refractivity contribution < 1.29 is 0 Å². The van der Waals surface area contributed by atoms with Gasteiger partial charge in [0.2, 0.25) is 0 Å². The topological polar surface area (TPSA) is 77.6 Å². The predicted molar refractivity (Wildman–Crippen MR) is 67.3 cm³/mol. The molecule has 0 aliphatic rings. The summed E-state index contributed by atoms with van der Waals surface area (Å²) in [5.74, 6) is 0. The third kappa shape index (κ3) is 2.57. The van der Waals surface area contributed by atoms with Crippen molar-refractivity contribution >= 4 is 52.1 Å². The van der Waals surface area contributed by atoms with Crippen LogP contribution >= 0.6 is 46.5 Å². The molecule has 0 bridgehead atoms. The SMILES string of the molecule is CSc1nnc(Sc2ncnc(Cl)c2N)s1. The largest absolute Gasteiger partial charge is 0.394 e. The van der Waals surface area contributed by atoms with Gasteiger partial charge in [-0.15, -0.1) is 10.2 Å². The van der Waals surface area contributed by atoms with Gasteiger partial charge < -0.3 is 5.73 Å². The lowest BCUT2D eigenvalue weighted by Crippen LogP contribution is -1.94. The number of rotatable bonds is 3. The molecule has 0 aliphatic heterocycles. The van der Waals surface area contributed by atoms with E-state index in [0.717, 1.165) is 8.68 Å². The van der Waals surface area contributed by atoms with E-state index in [1.807, 2.05) is 6.26 Å². The third-order valence-electron chi connectivity index (χ3n) is 1.55. The van der Waals surface area contributed by atoms with Crippen LogP contribution in [0, 0.1) is 0 Å². The Bertz CT molecular complexity index is 503. The van der Waals surface area contributed by atoms with E-state index in [1.54, 1.807) is 11.8 Å². The molecule has 2 N–H and O–H groups in total. The molecule has 0 aliphatic carbocycles. The van der Waals surface area contributed by atoms with E-state index in [-0.39, 0.29) is 5.15 Å². The highest BCUT2D eigenvalue weighted by molar-refractivity contribution is 8.03. The van der Waals surface area contributed by atoms with Crippen molar-refractivity contribution in [2.45, 2.75) is 13.7 Å². The first-order valence-corrected chi connectivity index (χ1v) is 7.25. The summed E-state index contributed by atoms with van der Waals surface area (Å²) in [5.41, 5.74) is 6.11. The number of thioether (sulfide) groups is 1. The van der Waals surface area contributed by atoms with Crippen molar-refractivity contribution in [3.8, 4) is 0 Å². The fraction of sp³-hybridized carbons (Fsp3) is 0.143. The molecule has 2 aromatic heterocycles. The summed E-state index contributed by atoms with van der Waals surface area (Å²) in [5, 5.41) is 8.84. The first kappa shape index (κ1) is 11.9. The van der Waals surface area contributed by atoms with Crippen molar-refractivity contribution in [2.75, 3.05) is 12.0 Å². The van der Waals surface area contributed by atoms with Crippen LogP contribution in [0.4, 0.5) is 5.69 Å². The molecule has 2 rings (SSSR count). The molecule has 0 atom stereocenters. The van der Waals surface area contributed by atoms with Crippen LogP contribution in [0.15, 0.2) is 20.0 Å². The highest BCUT2D eigenvalue weighted by Crippen LogP contribution is 2.35. The van der Waals surface area contributed by atoms with Crippen LogP contribution < -0.4 is 5.73 Å². The number of nitrogen functional groups attached to an aromatic ring is 1. The monoisotopic (exact) mass is 291 g/mol. The molecule has 9 heteroatoms. The van der Waals surface area contributed by atoms with Crippen molar-refractivity contribution in [1.82, 2.24) is 20.2 Å². The van der Waals surface area contributed by atoms with Crippen LogP contribution in [-0.2, 0) is 0 Å². The maximum Gasteiger partial charge on any atom is 0.181 e. The molecule has 2 heterocycles. The fourth-order valence-electron chi connectivity index (χ4n) is 0.844. The lowest BCUT2D eigenvalue weighted by Gasteiger charge is -2.01. The number of anilines is 1. The van der Waals surface area contributed by atoms with Crippen LogP contribution in [0.1, 0.15) is 0 Å². The Labute approximate surface area is 109 Å². The van der Waals surface area contributed by atoms with E-state index in [0.29, 0.717) is 10.7 Å². The van der Waals surface area contributed by atoms with Crippen molar-refractivity contribution in [3.05, 3.63) is 11.5 Å². The first-order valence-electron chi connectivity index (χ1n) is 4.02. The van der Waals surface area contributed by atoms with Crippen molar-refractivity contribution in [3.63, 3.8) is 0 Å². The van der Waals surface area contributed by atoms with Gasteiger partial charge >= 0.3 is 0 Å². The second-order valence-electron chi connectivity index (χ2n) is 2.52. The predicted octanol–water partition coefficient (Wildman–Crippen LogP) is 2.44. The molecule has 16 heavy (non-hydrogen) atoms. The highest BCUT2D eigenvalue weighted by atomic mass is 35.5. The Hall–Kier alpha value is -0.570. The summed E-state index contributed by atoms with van der Waals surface area (Å²) in [6.07, 6.45) is 3.32. The molecule has 0 saturated heterocycles. The number of hydrogen-bond donors (Lipinski definition) is 1. The molecule has 84 valence electrons. The van der Waals surface area contributed by atoms with Gasteiger partial charge in [-0.3, -0.25) is 0 Å². The molecule has 0 radical (unpaired) electrons. The number of aromatic nitrogens is 4. The van der Waals surface area contributed by atoms with E-state index >= 15 is 0 Å². The molecule has 0 aromatic carbocycles. The van der Waals surface area contributed by atoms with Gasteiger partial charge in [-0.2, -0.15) is 0 Å². The molecule has 2 aromatic rings. The van der Waals surface area contributed by atoms with Gasteiger partial charge in [0.15, 0.2) is 13.8 Å². The lowest BCUT2D eigenvalue weighted by molar-refractivity contribution is 0.952. The summed E-state index contributed by atoms with van der Waals surface area (Å²) in [4.78, 5) is 7.83. The minimum Gasteiger partial charge on any atom is -0.394 e. The number of halogens is 1. The number of nitrogens with two attached hydrogens (primary N) is 1. The summed E-state index contributed by atoms with van der Waals surface area (Å²) in [7, 11) is 0. The zero-order valence-corrected chi connectivity index (χ0v) is 11.3. The second kappa shape index (κ2) is 5.17. The summed E-state index contributed by atoms with van der Waals surface area (Å²) >= 11 is 10.2. The van der Waals surface area contributed by atoms with Gasteiger partial charge in [0.1, 0.15) is 17.0 Å². The van der Waals surface area contributed by atoms with E-state index in [1.165, 1.54) is 29.4 Å². The molecular weight excluding hydrogens is 286 g/mol. The van der Waals surface area contributed by atoms with Gasteiger partial charge in [0.25, 0.3) is 0 Å². The van der Waals surface area contributed by atoms with Crippen LogP contribution in [0.5, 0.6) is 0 Å². The summed E-state index contributed by atoms with van der Waals surface area (Å²) in [6.45, 7) is 0. The summed E-state index contributed by atoms with van der Waals surface area (Å²) in [6, 6.07) is 0. The molecule has 0 spiro atoms. The quantitative estimate of drug-likeness (QED) is 0.687. The number of nitrogens with zero attached hydrogens (tertiary/aromatic N) is 4. The Morgan fingerprint density at radius 1 is 1.31 bits per heavy atom. The highest BCUT2D eigenvalue weighted by Gasteiger charge is 2.11. The van der Waals surface area contributed by atoms with E-state index in [9.17, 15) is 0 Å². The lowest BCUT2D eigenvalue weighted by atomic mass is 10.6.